The number of aryl methyl sites for hydroxylation is 1. The van der Waals surface area contributed by atoms with Crippen LogP contribution >= 0.6 is 0 Å². The normalized spacial score (nSPS) is 10.5. The van der Waals surface area contributed by atoms with Gasteiger partial charge < -0.3 is 14.5 Å². The average molecular weight is 245 g/mol. The van der Waals surface area contributed by atoms with Gasteiger partial charge in [-0.05, 0) is 30.2 Å². The third-order valence-electron chi connectivity index (χ3n) is 2.79. The summed E-state index contributed by atoms with van der Waals surface area (Å²) >= 11 is 0. The number of hydrogen-bond acceptors (Lipinski definition) is 3. The molecule has 0 saturated heterocycles. The fraction of sp³-hybridized carbons (Fsp3) is 0.333. The zero-order valence-electron chi connectivity index (χ0n) is 10.7. The summed E-state index contributed by atoms with van der Waals surface area (Å²) in [6.45, 7) is 4.45. The molecule has 3 heteroatoms. The van der Waals surface area contributed by atoms with Crippen molar-refractivity contribution in [2.75, 3.05) is 13.2 Å². The Bertz CT molecular complexity index is 434. The Hall–Kier alpha value is -1.74. The highest BCUT2D eigenvalue weighted by Crippen LogP contribution is 2.12. The van der Waals surface area contributed by atoms with Gasteiger partial charge in [-0.15, -0.1) is 0 Å². The predicted octanol–water partition coefficient (Wildman–Crippen LogP) is 3.01. The molecule has 0 bridgehead atoms. The fourth-order valence-electron chi connectivity index (χ4n) is 1.69. The van der Waals surface area contributed by atoms with Crippen LogP contribution in [0, 0.1) is 0 Å². The van der Waals surface area contributed by atoms with Crippen LogP contribution in [0.2, 0.25) is 0 Å². The lowest BCUT2D eigenvalue weighted by Crippen LogP contribution is -2.20. The number of benzene rings is 1. The fourth-order valence-corrected chi connectivity index (χ4v) is 1.69. The Kier molecular flexibility index (Phi) is 4.85. The van der Waals surface area contributed by atoms with Crippen LogP contribution in [0.1, 0.15) is 18.1 Å². The second-order valence-electron chi connectivity index (χ2n) is 4.15. The molecule has 0 aliphatic rings. The van der Waals surface area contributed by atoms with Crippen LogP contribution in [0.15, 0.2) is 47.3 Å². The monoisotopic (exact) mass is 245 g/mol. The standard InChI is InChI=1S/C15H19NO2/c1-2-13-3-5-15(6-4-13)18-10-8-16-11-14-7-9-17-12-14/h3-7,9,12,16H,2,8,10-11H2,1H3. The van der Waals surface area contributed by atoms with Gasteiger partial charge in [0.05, 0.1) is 12.5 Å². The quantitative estimate of drug-likeness (QED) is 0.761. The van der Waals surface area contributed by atoms with E-state index in [4.69, 9.17) is 9.15 Å². The van der Waals surface area contributed by atoms with Gasteiger partial charge in [0.25, 0.3) is 0 Å². The molecule has 1 N–H and O–H groups in total. The predicted molar refractivity (Wildman–Crippen MR) is 71.7 cm³/mol. The molecule has 1 heterocycles. The molecule has 0 saturated carbocycles. The first-order valence-electron chi connectivity index (χ1n) is 6.32. The number of nitrogens with one attached hydrogen (secondary N) is 1. The third kappa shape index (κ3) is 3.93. The number of hydrogen-bond donors (Lipinski definition) is 1. The summed E-state index contributed by atoms with van der Waals surface area (Å²) in [4.78, 5) is 0. The first-order valence-corrected chi connectivity index (χ1v) is 6.32. The van der Waals surface area contributed by atoms with Gasteiger partial charge in [-0.2, -0.15) is 0 Å². The van der Waals surface area contributed by atoms with Crippen molar-refractivity contribution in [3.05, 3.63) is 54.0 Å². The summed E-state index contributed by atoms with van der Waals surface area (Å²) in [7, 11) is 0. The van der Waals surface area contributed by atoms with E-state index in [1.54, 1.807) is 12.5 Å². The minimum absolute atomic E-state index is 0.670. The highest BCUT2D eigenvalue weighted by molar-refractivity contribution is 5.27. The van der Waals surface area contributed by atoms with Crippen molar-refractivity contribution in [2.45, 2.75) is 19.9 Å². The molecule has 0 amide bonds. The molecular weight excluding hydrogens is 226 g/mol. The first-order chi connectivity index (χ1) is 8.88. The van der Waals surface area contributed by atoms with E-state index in [-0.39, 0.29) is 0 Å². The molecule has 1 aromatic heterocycles. The minimum atomic E-state index is 0.670. The average Bonchev–Trinajstić information content (AvgIpc) is 2.92. The van der Waals surface area contributed by atoms with E-state index in [0.717, 1.165) is 30.8 Å². The van der Waals surface area contributed by atoms with Crippen LogP contribution in [0.5, 0.6) is 5.75 Å². The molecule has 0 fully saturated rings. The van der Waals surface area contributed by atoms with Crippen molar-refractivity contribution in [1.82, 2.24) is 5.32 Å². The molecule has 0 atom stereocenters. The van der Waals surface area contributed by atoms with Crippen LogP contribution < -0.4 is 10.1 Å². The highest BCUT2D eigenvalue weighted by Gasteiger charge is 1.95. The van der Waals surface area contributed by atoms with Gasteiger partial charge >= 0.3 is 0 Å². The van der Waals surface area contributed by atoms with Crippen LogP contribution in [0.25, 0.3) is 0 Å². The lowest BCUT2D eigenvalue weighted by atomic mass is 10.2. The SMILES string of the molecule is CCc1ccc(OCCNCc2ccoc2)cc1. The Morgan fingerprint density at radius 1 is 1.11 bits per heavy atom. The van der Waals surface area contributed by atoms with Gasteiger partial charge in [0.15, 0.2) is 0 Å². The van der Waals surface area contributed by atoms with Crippen LogP contribution in [-0.4, -0.2) is 13.2 Å². The van der Waals surface area contributed by atoms with E-state index >= 15 is 0 Å². The summed E-state index contributed by atoms with van der Waals surface area (Å²) in [5.41, 5.74) is 2.49. The lowest BCUT2D eigenvalue weighted by molar-refractivity contribution is 0.313. The molecule has 0 unspecified atom stereocenters. The molecule has 96 valence electrons. The van der Waals surface area contributed by atoms with Gasteiger partial charge in [0.1, 0.15) is 12.4 Å². The van der Waals surface area contributed by atoms with Gasteiger partial charge in [0.2, 0.25) is 0 Å². The zero-order valence-corrected chi connectivity index (χ0v) is 10.7. The molecule has 0 aliphatic heterocycles. The van der Waals surface area contributed by atoms with Crippen molar-refractivity contribution >= 4 is 0 Å². The Morgan fingerprint density at radius 3 is 2.61 bits per heavy atom. The maximum atomic E-state index is 5.64. The number of furan rings is 1. The number of rotatable bonds is 7. The van der Waals surface area contributed by atoms with E-state index in [1.165, 1.54) is 5.56 Å². The van der Waals surface area contributed by atoms with Crippen LogP contribution in [0.3, 0.4) is 0 Å². The molecule has 0 radical (unpaired) electrons. The molecule has 2 aromatic rings. The second kappa shape index (κ2) is 6.87. The lowest BCUT2D eigenvalue weighted by Gasteiger charge is -2.07. The summed E-state index contributed by atoms with van der Waals surface area (Å²) in [5.74, 6) is 0.928. The van der Waals surface area contributed by atoms with Gasteiger partial charge in [-0.1, -0.05) is 19.1 Å². The van der Waals surface area contributed by atoms with Crippen LogP contribution in [-0.2, 0) is 13.0 Å². The van der Waals surface area contributed by atoms with E-state index in [1.807, 2.05) is 18.2 Å². The molecule has 1 aromatic carbocycles. The molecule has 0 aliphatic carbocycles. The van der Waals surface area contributed by atoms with Gasteiger partial charge in [-0.25, -0.2) is 0 Å². The summed E-state index contributed by atoms with van der Waals surface area (Å²) in [6.07, 6.45) is 4.49. The van der Waals surface area contributed by atoms with Crippen molar-refractivity contribution in [1.29, 1.82) is 0 Å². The molecular formula is C15H19NO2. The summed E-state index contributed by atoms with van der Waals surface area (Å²) in [6, 6.07) is 10.2. The van der Waals surface area contributed by atoms with E-state index in [9.17, 15) is 0 Å². The minimum Gasteiger partial charge on any atom is -0.492 e. The third-order valence-corrected chi connectivity index (χ3v) is 2.79. The molecule has 2 rings (SSSR count). The topological polar surface area (TPSA) is 34.4 Å². The second-order valence-corrected chi connectivity index (χ2v) is 4.15. The van der Waals surface area contributed by atoms with Crippen molar-refractivity contribution in [3.8, 4) is 5.75 Å². The maximum absolute atomic E-state index is 5.64. The molecule has 18 heavy (non-hydrogen) atoms. The molecule has 0 spiro atoms. The first kappa shape index (κ1) is 12.7. The van der Waals surface area contributed by atoms with Gasteiger partial charge in [0, 0.05) is 18.7 Å². The smallest absolute Gasteiger partial charge is 0.119 e. The Morgan fingerprint density at radius 2 is 1.94 bits per heavy atom. The molecule has 3 nitrogen and oxygen atoms in total. The van der Waals surface area contributed by atoms with Crippen molar-refractivity contribution in [3.63, 3.8) is 0 Å². The summed E-state index contributed by atoms with van der Waals surface area (Å²) < 4.78 is 10.6. The van der Waals surface area contributed by atoms with E-state index < -0.39 is 0 Å². The Labute approximate surface area is 108 Å². The van der Waals surface area contributed by atoms with Crippen LogP contribution in [0.4, 0.5) is 0 Å². The van der Waals surface area contributed by atoms with Crippen molar-refractivity contribution in [2.24, 2.45) is 0 Å². The largest absolute Gasteiger partial charge is 0.492 e. The highest BCUT2D eigenvalue weighted by atomic mass is 16.5. The maximum Gasteiger partial charge on any atom is 0.119 e. The van der Waals surface area contributed by atoms with E-state index in [2.05, 4.69) is 24.4 Å². The van der Waals surface area contributed by atoms with Crippen molar-refractivity contribution < 1.29 is 9.15 Å². The Balaban J connectivity index is 1.62. The van der Waals surface area contributed by atoms with E-state index in [0.29, 0.717) is 6.61 Å². The summed E-state index contributed by atoms with van der Waals surface area (Å²) in [5, 5.41) is 3.30. The van der Waals surface area contributed by atoms with Gasteiger partial charge in [-0.3, -0.25) is 0 Å². The number of ether oxygens (including phenoxy) is 1. The zero-order chi connectivity index (χ0) is 12.6.